The van der Waals surface area contributed by atoms with Crippen LogP contribution in [0.1, 0.15) is 31.7 Å². The smallest absolute Gasteiger partial charge is 0.231 e. The van der Waals surface area contributed by atoms with Gasteiger partial charge in [0.2, 0.25) is 12.5 Å². The molecule has 0 spiro atoms. The van der Waals surface area contributed by atoms with Crippen LogP contribution in [0.5, 0.6) is 17.2 Å². The monoisotopic (exact) mass is 336 g/mol. The highest BCUT2D eigenvalue weighted by Crippen LogP contribution is 2.47. The molecule has 2 bridgehead atoms. The zero-order valence-electron chi connectivity index (χ0n) is 13.8. The van der Waals surface area contributed by atoms with E-state index in [0.717, 1.165) is 5.56 Å². The Morgan fingerprint density at radius 2 is 1.96 bits per heavy atom. The lowest BCUT2D eigenvalue weighted by Gasteiger charge is -2.47. The van der Waals surface area contributed by atoms with Crippen LogP contribution in [0.4, 0.5) is 0 Å². The van der Waals surface area contributed by atoms with Gasteiger partial charge in [0.15, 0.2) is 23.1 Å². The Balaban J connectivity index is 1.75. The first-order valence-corrected chi connectivity index (χ1v) is 7.94. The van der Waals surface area contributed by atoms with Crippen LogP contribution in [0.2, 0.25) is 0 Å². The molecule has 0 aromatic heterocycles. The highest BCUT2D eigenvalue weighted by molar-refractivity contribution is 5.90. The summed E-state index contributed by atoms with van der Waals surface area (Å²) < 4.78 is 27.7. The van der Waals surface area contributed by atoms with Gasteiger partial charge in [-0.25, -0.2) is 0 Å². The van der Waals surface area contributed by atoms with Crippen molar-refractivity contribution in [2.45, 2.75) is 50.3 Å². The Labute approximate surface area is 139 Å². The zero-order valence-corrected chi connectivity index (χ0v) is 13.8. The predicted octanol–water partition coefficient (Wildman–Crippen LogP) is 1.36. The molecule has 130 valence electrons. The van der Waals surface area contributed by atoms with Crippen LogP contribution in [-0.4, -0.2) is 48.9 Å². The molecule has 2 aliphatic heterocycles. The van der Waals surface area contributed by atoms with Crippen LogP contribution < -0.4 is 14.2 Å². The molecule has 2 heterocycles. The molecule has 1 N–H and O–H groups in total. The van der Waals surface area contributed by atoms with Gasteiger partial charge in [-0.15, -0.1) is 0 Å². The third-order valence-electron chi connectivity index (χ3n) is 4.70. The predicted molar refractivity (Wildman–Crippen MR) is 81.3 cm³/mol. The Hall–Kier alpha value is -1.83. The fourth-order valence-electron chi connectivity index (χ4n) is 3.65. The number of hydrogen-bond acceptors (Lipinski definition) is 7. The lowest BCUT2D eigenvalue weighted by atomic mass is 9.76. The normalized spacial score (nSPS) is 33.4. The number of carbonyl (C=O) groups excluding carboxylic acids is 1. The molecule has 0 radical (unpaired) electrons. The number of ketones is 1. The maximum Gasteiger partial charge on any atom is 0.231 e. The van der Waals surface area contributed by atoms with Gasteiger partial charge in [0.25, 0.3) is 0 Å². The van der Waals surface area contributed by atoms with E-state index in [-0.39, 0.29) is 18.5 Å². The third kappa shape index (κ3) is 2.35. The molecule has 2 fully saturated rings. The van der Waals surface area contributed by atoms with E-state index < -0.39 is 24.1 Å². The van der Waals surface area contributed by atoms with Crippen LogP contribution in [0, 0.1) is 0 Å². The maximum atomic E-state index is 12.6. The molecule has 1 saturated heterocycles. The summed E-state index contributed by atoms with van der Waals surface area (Å²) >= 11 is 0. The molecule has 0 amide bonds. The first-order chi connectivity index (χ1) is 11.4. The van der Waals surface area contributed by atoms with Gasteiger partial charge in [0, 0.05) is 5.92 Å². The van der Waals surface area contributed by atoms with Gasteiger partial charge in [-0.3, -0.25) is 4.79 Å². The summed E-state index contributed by atoms with van der Waals surface area (Å²) in [6.07, 6.45) is -2.03. The van der Waals surface area contributed by atoms with Gasteiger partial charge >= 0.3 is 0 Å². The lowest BCUT2D eigenvalue weighted by Crippen LogP contribution is -2.61. The molecule has 1 saturated carbocycles. The number of methoxy groups -OCH3 is 1. The number of aliphatic hydroxyl groups excluding tert-OH is 1. The standard InChI is InChI=1S/C17H20O7/c1-17(2)23-14-9(6-10(18)15(24-17)13(14)19)8-4-11(20-3)16-12(5-8)21-7-22-16/h4-5,9-10,14-15,18H,6-7H2,1-3H3/t9?,10?,14-,15?/m1/s1. The molecule has 3 unspecified atom stereocenters. The van der Waals surface area contributed by atoms with E-state index >= 15 is 0 Å². The minimum atomic E-state index is -0.927. The molecular weight excluding hydrogens is 316 g/mol. The summed E-state index contributed by atoms with van der Waals surface area (Å²) in [6.45, 7) is 3.62. The van der Waals surface area contributed by atoms with E-state index in [4.69, 9.17) is 23.7 Å². The van der Waals surface area contributed by atoms with Gasteiger partial charge in [0.1, 0.15) is 12.2 Å². The first kappa shape index (κ1) is 15.7. The largest absolute Gasteiger partial charge is 0.493 e. The fraction of sp³-hybridized carbons (Fsp3) is 0.588. The molecule has 3 aliphatic rings. The third-order valence-corrected chi connectivity index (χ3v) is 4.70. The Kier molecular flexibility index (Phi) is 3.49. The van der Waals surface area contributed by atoms with Crippen molar-refractivity contribution in [2.75, 3.05) is 13.9 Å². The minimum Gasteiger partial charge on any atom is -0.493 e. The Morgan fingerprint density at radius 3 is 2.71 bits per heavy atom. The second-order valence-corrected chi connectivity index (χ2v) is 6.75. The van der Waals surface area contributed by atoms with Crippen LogP contribution in [0.3, 0.4) is 0 Å². The Morgan fingerprint density at radius 1 is 1.21 bits per heavy atom. The summed E-state index contributed by atoms with van der Waals surface area (Å²) in [7, 11) is 1.55. The van der Waals surface area contributed by atoms with E-state index in [1.807, 2.05) is 12.1 Å². The molecule has 7 heteroatoms. The topological polar surface area (TPSA) is 83.5 Å². The summed E-state index contributed by atoms with van der Waals surface area (Å²) in [5.41, 5.74) is 0.810. The number of carbonyl (C=O) groups is 1. The van der Waals surface area contributed by atoms with Crippen molar-refractivity contribution >= 4 is 5.78 Å². The fourth-order valence-corrected chi connectivity index (χ4v) is 3.65. The molecule has 1 aliphatic carbocycles. The Bertz CT molecular complexity index is 684. The second kappa shape index (κ2) is 5.34. The second-order valence-electron chi connectivity index (χ2n) is 6.75. The highest BCUT2D eigenvalue weighted by atomic mass is 16.7. The van der Waals surface area contributed by atoms with Crippen molar-refractivity contribution < 1.29 is 33.6 Å². The number of benzene rings is 1. The maximum absolute atomic E-state index is 12.6. The van der Waals surface area contributed by atoms with Crippen molar-refractivity contribution in [1.82, 2.24) is 0 Å². The van der Waals surface area contributed by atoms with Crippen LogP contribution in [0.25, 0.3) is 0 Å². The average molecular weight is 336 g/mol. The van der Waals surface area contributed by atoms with Gasteiger partial charge in [-0.1, -0.05) is 0 Å². The van der Waals surface area contributed by atoms with E-state index in [2.05, 4.69) is 0 Å². The number of aliphatic hydroxyl groups is 1. The van der Waals surface area contributed by atoms with Crippen molar-refractivity contribution in [3.8, 4) is 17.2 Å². The summed E-state index contributed by atoms with van der Waals surface area (Å²) in [6, 6.07) is 3.63. The van der Waals surface area contributed by atoms with Crippen LogP contribution in [-0.2, 0) is 14.3 Å². The van der Waals surface area contributed by atoms with E-state index in [1.165, 1.54) is 0 Å². The number of hydrogen-bond donors (Lipinski definition) is 1. The van der Waals surface area contributed by atoms with Gasteiger partial charge < -0.3 is 28.8 Å². The van der Waals surface area contributed by atoms with Crippen molar-refractivity contribution in [3.63, 3.8) is 0 Å². The lowest BCUT2D eigenvalue weighted by molar-refractivity contribution is -0.305. The van der Waals surface area contributed by atoms with E-state index in [0.29, 0.717) is 23.7 Å². The number of Topliss-reactive ketones (excluding diaryl/α,β-unsaturated/α-hetero) is 1. The molecule has 24 heavy (non-hydrogen) atoms. The van der Waals surface area contributed by atoms with Gasteiger partial charge in [-0.2, -0.15) is 0 Å². The zero-order chi connectivity index (χ0) is 17.1. The minimum absolute atomic E-state index is 0.129. The summed E-state index contributed by atoms with van der Waals surface area (Å²) in [5.74, 6) is 0.193. The van der Waals surface area contributed by atoms with Crippen molar-refractivity contribution in [3.05, 3.63) is 17.7 Å². The number of rotatable bonds is 2. The number of ether oxygens (including phenoxy) is 5. The average Bonchev–Trinajstić information content (AvgIpc) is 3.00. The van der Waals surface area contributed by atoms with Crippen LogP contribution in [0.15, 0.2) is 12.1 Å². The van der Waals surface area contributed by atoms with E-state index in [9.17, 15) is 9.90 Å². The van der Waals surface area contributed by atoms with Crippen molar-refractivity contribution in [1.29, 1.82) is 0 Å². The van der Waals surface area contributed by atoms with Gasteiger partial charge in [-0.05, 0) is 38.0 Å². The molecular formula is C17H20O7. The molecule has 4 atom stereocenters. The van der Waals surface area contributed by atoms with Crippen LogP contribution >= 0.6 is 0 Å². The van der Waals surface area contributed by atoms with Crippen molar-refractivity contribution in [2.24, 2.45) is 0 Å². The van der Waals surface area contributed by atoms with E-state index in [1.54, 1.807) is 21.0 Å². The molecule has 4 rings (SSSR count). The number of fused-ring (bicyclic) bond motifs is 3. The highest BCUT2D eigenvalue weighted by Gasteiger charge is 2.53. The molecule has 1 aromatic rings. The summed E-state index contributed by atoms with van der Waals surface area (Å²) in [4.78, 5) is 12.6. The molecule has 1 aromatic carbocycles. The summed E-state index contributed by atoms with van der Waals surface area (Å²) in [5, 5.41) is 10.4. The quantitative estimate of drug-likeness (QED) is 0.873. The molecule has 7 nitrogen and oxygen atoms in total. The SMILES string of the molecule is COc1cc(C2CC(O)C3OC(C)(C)O[C@H]2C3=O)cc2c1OCO2. The first-order valence-electron chi connectivity index (χ1n) is 7.94. The van der Waals surface area contributed by atoms with Gasteiger partial charge in [0.05, 0.1) is 13.2 Å².